The van der Waals surface area contributed by atoms with Gasteiger partial charge in [0.2, 0.25) is 0 Å². The number of halogens is 4. The van der Waals surface area contributed by atoms with E-state index in [0.29, 0.717) is 4.47 Å². The van der Waals surface area contributed by atoms with Crippen LogP contribution in [0.5, 0.6) is 0 Å². The molecule has 0 spiro atoms. The first-order valence-electron chi connectivity index (χ1n) is 5.61. The molecule has 5 heteroatoms. The van der Waals surface area contributed by atoms with Gasteiger partial charge in [0.15, 0.2) is 0 Å². The lowest BCUT2D eigenvalue weighted by atomic mass is 9.97. The maximum atomic E-state index is 13.9. The van der Waals surface area contributed by atoms with E-state index in [1.807, 2.05) is 0 Å². The lowest BCUT2D eigenvalue weighted by Gasteiger charge is -2.20. The van der Waals surface area contributed by atoms with E-state index < -0.39 is 23.5 Å². The zero-order valence-corrected chi connectivity index (χ0v) is 11.6. The van der Waals surface area contributed by atoms with E-state index in [4.69, 9.17) is 0 Å². The molecule has 0 saturated carbocycles. The van der Waals surface area contributed by atoms with Gasteiger partial charge in [0.05, 0.1) is 6.04 Å². The van der Waals surface area contributed by atoms with Crippen LogP contribution >= 0.6 is 15.9 Å². The van der Waals surface area contributed by atoms with Crippen molar-refractivity contribution < 1.29 is 13.2 Å². The molecular weight excluding hydrogens is 319 g/mol. The molecule has 0 aliphatic rings. The Balaban J connectivity index is 2.64. The molecule has 100 valence electrons. The van der Waals surface area contributed by atoms with Crippen LogP contribution in [0.2, 0.25) is 0 Å². The second kappa shape index (κ2) is 5.75. The minimum atomic E-state index is -0.906. The van der Waals surface area contributed by atoms with Crippen molar-refractivity contribution >= 4 is 15.9 Å². The molecule has 0 fully saturated rings. The molecule has 1 atom stereocenters. The van der Waals surface area contributed by atoms with Crippen molar-refractivity contribution in [2.24, 2.45) is 0 Å². The van der Waals surface area contributed by atoms with Crippen molar-refractivity contribution in [3.63, 3.8) is 0 Å². The predicted molar refractivity (Wildman–Crippen MR) is 71.4 cm³/mol. The van der Waals surface area contributed by atoms with E-state index in [0.717, 1.165) is 12.1 Å². The van der Waals surface area contributed by atoms with Gasteiger partial charge in [-0.1, -0.05) is 28.1 Å². The van der Waals surface area contributed by atoms with E-state index in [9.17, 15) is 13.2 Å². The summed E-state index contributed by atoms with van der Waals surface area (Å²) in [4.78, 5) is 0. The molecule has 0 heterocycles. The monoisotopic (exact) mass is 329 g/mol. The van der Waals surface area contributed by atoms with Gasteiger partial charge in [-0.3, -0.25) is 0 Å². The Kier molecular flexibility index (Phi) is 4.27. The van der Waals surface area contributed by atoms with Gasteiger partial charge in [-0.2, -0.15) is 0 Å². The van der Waals surface area contributed by atoms with Crippen molar-refractivity contribution in [3.05, 3.63) is 69.4 Å². The first-order chi connectivity index (χ1) is 9.06. The van der Waals surface area contributed by atoms with Crippen LogP contribution in [0.4, 0.5) is 13.2 Å². The van der Waals surface area contributed by atoms with Crippen LogP contribution in [0.1, 0.15) is 17.2 Å². The first-order valence-corrected chi connectivity index (χ1v) is 6.40. The van der Waals surface area contributed by atoms with E-state index in [-0.39, 0.29) is 11.1 Å². The lowest BCUT2D eigenvalue weighted by molar-refractivity contribution is 0.506. The summed E-state index contributed by atoms with van der Waals surface area (Å²) in [7, 11) is 1.52. The van der Waals surface area contributed by atoms with Crippen molar-refractivity contribution in [2.45, 2.75) is 6.04 Å². The second-order valence-electron chi connectivity index (χ2n) is 3.99. The molecule has 0 aliphatic carbocycles. The van der Waals surface area contributed by atoms with Crippen molar-refractivity contribution in [3.8, 4) is 0 Å². The molecule has 0 radical (unpaired) electrons. The molecule has 1 unspecified atom stereocenters. The molecule has 2 aromatic rings. The smallest absolute Gasteiger partial charge is 0.131 e. The lowest BCUT2D eigenvalue weighted by Crippen LogP contribution is -2.22. The zero-order valence-electron chi connectivity index (χ0n) is 10.1. The van der Waals surface area contributed by atoms with E-state index in [1.165, 1.54) is 25.2 Å². The highest BCUT2D eigenvalue weighted by atomic mass is 79.9. The molecule has 19 heavy (non-hydrogen) atoms. The Morgan fingerprint density at radius 1 is 0.895 bits per heavy atom. The molecule has 2 rings (SSSR count). The van der Waals surface area contributed by atoms with E-state index >= 15 is 0 Å². The fourth-order valence-electron chi connectivity index (χ4n) is 2.01. The first kappa shape index (κ1) is 14.1. The Hall–Kier alpha value is -1.33. The fourth-order valence-corrected chi connectivity index (χ4v) is 2.58. The van der Waals surface area contributed by atoms with E-state index in [1.54, 1.807) is 6.07 Å². The topological polar surface area (TPSA) is 12.0 Å². The fraction of sp³-hybridized carbons (Fsp3) is 0.143. The van der Waals surface area contributed by atoms with Crippen LogP contribution in [0.3, 0.4) is 0 Å². The molecule has 2 aromatic carbocycles. The largest absolute Gasteiger partial charge is 0.309 e. The summed E-state index contributed by atoms with van der Waals surface area (Å²) < 4.78 is 42.0. The molecule has 0 bridgehead atoms. The van der Waals surface area contributed by atoms with Gasteiger partial charge < -0.3 is 5.32 Å². The summed E-state index contributed by atoms with van der Waals surface area (Å²) in [5.41, 5.74) is -0.0233. The average molecular weight is 330 g/mol. The summed E-state index contributed by atoms with van der Waals surface area (Å²) in [5.74, 6) is -1.96. The molecule has 0 aromatic heterocycles. The van der Waals surface area contributed by atoms with Gasteiger partial charge in [0, 0.05) is 15.6 Å². The molecule has 0 aliphatic heterocycles. The SMILES string of the molecule is CNC(c1c(F)cccc1F)c1c(F)cccc1Br. The Morgan fingerprint density at radius 2 is 1.37 bits per heavy atom. The molecule has 1 nitrogen and oxygen atoms in total. The quantitative estimate of drug-likeness (QED) is 0.890. The maximum absolute atomic E-state index is 13.9. The third kappa shape index (κ3) is 2.67. The third-order valence-electron chi connectivity index (χ3n) is 2.87. The van der Waals surface area contributed by atoms with Crippen LogP contribution < -0.4 is 5.32 Å². The highest BCUT2D eigenvalue weighted by Gasteiger charge is 2.24. The second-order valence-corrected chi connectivity index (χ2v) is 4.85. The van der Waals surface area contributed by atoms with Crippen molar-refractivity contribution in [2.75, 3.05) is 7.05 Å². The molecule has 1 N–H and O–H groups in total. The molecule has 0 saturated heterocycles. The van der Waals surface area contributed by atoms with Crippen LogP contribution in [-0.4, -0.2) is 7.05 Å². The third-order valence-corrected chi connectivity index (χ3v) is 3.56. The number of hydrogen-bond acceptors (Lipinski definition) is 1. The van der Waals surface area contributed by atoms with Gasteiger partial charge in [-0.15, -0.1) is 0 Å². The maximum Gasteiger partial charge on any atom is 0.131 e. The standard InChI is InChI=1S/C14H11BrF3N/c1-19-14(12-8(15)4-2-5-9(12)16)13-10(17)6-3-7-11(13)18/h2-7,14,19H,1H3. The molecular formula is C14H11BrF3N. The Morgan fingerprint density at radius 3 is 1.84 bits per heavy atom. The van der Waals surface area contributed by atoms with Gasteiger partial charge >= 0.3 is 0 Å². The summed E-state index contributed by atoms with van der Waals surface area (Å²) in [5, 5.41) is 2.75. The zero-order chi connectivity index (χ0) is 14.0. The predicted octanol–water partition coefficient (Wildman–Crippen LogP) is 4.18. The average Bonchev–Trinajstić information content (AvgIpc) is 2.36. The summed E-state index contributed by atoms with van der Waals surface area (Å²) >= 11 is 3.21. The van der Waals surface area contributed by atoms with Gasteiger partial charge in [-0.25, -0.2) is 13.2 Å². The van der Waals surface area contributed by atoms with Crippen LogP contribution in [-0.2, 0) is 0 Å². The highest BCUT2D eigenvalue weighted by molar-refractivity contribution is 9.10. The molecule has 0 amide bonds. The van der Waals surface area contributed by atoms with Crippen LogP contribution in [0.15, 0.2) is 40.9 Å². The minimum absolute atomic E-state index is 0.175. The van der Waals surface area contributed by atoms with Crippen LogP contribution in [0, 0.1) is 17.5 Å². The minimum Gasteiger partial charge on any atom is -0.309 e. The van der Waals surface area contributed by atoms with Gasteiger partial charge in [0.1, 0.15) is 17.5 Å². The van der Waals surface area contributed by atoms with Crippen molar-refractivity contribution in [1.82, 2.24) is 5.32 Å². The number of nitrogens with one attached hydrogen (secondary N) is 1. The van der Waals surface area contributed by atoms with Gasteiger partial charge in [-0.05, 0) is 31.3 Å². The summed E-state index contributed by atoms with van der Waals surface area (Å²) in [6.07, 6.45) is 0. The Labute approximate surface area is 117 Å². The normalized spacial score (nSPS) is 12.5. The number of benzene rings is 2. The number of rotatable bonds is 3. The number of hydrogen-bond donors (Lipinski definition) is 1. The van der Waals surface area contributed by atoms with Crippen LogP contribution in [0.25, 0.3) is 0 Å². The van der Waals surface area contributed by atoms with Crippen molar-refractivity contribution in [1.29, 1.82) is 0 Å². The summed E-state index contributed by atoms with van der Waals surface area (Å²) in [6.45, 7) is 0. The summed E-state index contributed by atoms with van der Waals surface area (Å²) in [6, 6.07) is 7.07. The Bertz CT molecular complexity index is 509. The van der Waals surface area contributed by atoms with Gasteiger partial charge in [0.25, 0.3) is 0 Å². The highest BCUT2D eigenvalue weighted by Crippen LogP contribution is 2.33. The van der Waals surface area contributed by atoms with E-state index in [2.05, 4.69) is 21.2 Å².